The fourth-order valence-corrected chi connectivity index (χ4v) is 8.73. The molecule has 0 spiro atoms. The molecule has 19 heteroatoms. The summed E-state index contributed by atoms with van der Waals surface area (Å²) in [7, 11) is 0. The minimum Gasteiger partial charge on any atom is -0.394 e. The van der Waals surface area contributed by atoms with Crippen molar-refractivity contribution in [2.24, 2.45) is 0 Å². The van der Waals surface area contributed by atoms with Crippen LogP contribution in [0.3, 0.4) is 0 Å². The summed E-state index contributed by atoms with van der Waals surface area (Å²) < 4.78 is 34.1. The van der Waals surface area contributed by atoms with Gasteiger partial charge < -0.3 is 89.9 Å². The molecule has 3 saturated heterocycles. The van der Waals surface area contributed by atoms with E-state index in [-0.39, 0.29) is 18.9 Å². The topological polar surface area (TPSA) is 307 Å². The molecule has 3 rings (SSSR count). The zero-order valence-corrected chi connectivity index (χ0v) is 42.2. The van der Waals surface area contributed by atoms with Crippen molar-refractivity contribution in [1.82, 2.24) is 5.32 Å². The van der Waals surface area contributed by atoms with Gasteiger partial charge in [0.15, 0.2) is 18.9 Å². The zero-order valence-electron chi connectivity index (χ0n) is 42.2. The van der Waals surface area contributed by atoms with Crippen LogP contribution in [0.4, 0.5) is 0 Å². The summed E-state index contributed by atoms with van der Waals surface area (Å²) in [4.78, 5) is 13.2. The van der Waals surface area contributed by atoms with Crippen molar-refractivity contribution in [2.75, 3.05) is 26.4 Å². The van der Waals surface area contributed by atoms with Crippen LogP contribution >= 0.6 is 0 Å². The van der Waals surface area contributed by atoms with Gasteiger partial charge in [-0.15, -0.1) is 0 Å². The molecule has 0 radical (unpaired) electrons. The number of hydrogen-bond acceptors (Lipinski definition) is 18. The minimum atomic E-state index is -1.98. The Labute approximate surface area is 421 Å². The van der Waals surface area contributed by atoms with Gasteiger partial charge in [-0.2, -0.15) is 0 Å². The summed E-state index contributed by atoms with van der Waals surface area (Å²) in [5.41, 5.74) is 0. The van der Waals surface area contributed by atoms with Crippen LogP contribution in [0.2, 0.25) is 0 Å². The van der Waals surface area contributed by atoms with E-state index in [4.69, 9.17) is 28.4 Å². The smallest absolute Gasteiger partial charge is 0.220 e. The lowest BCUT2D eigenvalue weighted by atomic mass is 9.96. The Kier molecular flexibility index (Phi) is 32.5. The molecule has 3 heterocycles. The van der Waals surface area contributed by atoms with Crippen molar-refractivity contribution in [1.29, 1.82) is 0 Å². The van der Waals surface area contributed by atoms with Gasteiger partial charge in [-0.3, -0.25) is 4.79 Å². The number of aliphatic hydroxyl groups is 11. The Morgan fingerprint density at radius 3 is 1.52 bits per heavy atom. The molecule has 0 aromatic heterocycles. The van der Waals surface area contributed by atoms with Gasteiger partial charge in [0.2, 0.25) is 5.91 Å². The number of carbonyl (C=O) groups excluding carboxylic acids is 1. The summed E-state index contributed by atoms with van der Waals surface area (Å²) >= 11 is 0. The summed E-state index contributed by atoms with van der Waals surface area (Å²) in [6.07, 6.45) is 9.72. The maximum absolute atomic E-state index is 13.2. The SMILES string of the molecule is CC/C=C\C/C=C\C/C=C\CCCCCC(=O)NC(COC1OC(CO)C(OC2OC(CO)C(OC3OC(CO)C(O)C(O)C3O)C(O)C2O)C(O)C1O)C(O)/C=C/CCCCCCCCCCCCC. The number of carbonyl (C=O) groups is 1. The van der Waals surface area contributed by atoms with Crippen LogP contribution in [0.5, 0.6) is 0 Å². The first kappa shape index (κ1) is 63.0. The lowest BCUT2D eigenvalue weighted by Crippen LogP contribution is -2.66. The first-order chi connectivity index (χ1) is 34.3. The predicted octanol–water partition coefficient (Wildman–Crippen LogP) is 2.36. The Bertz CT molecular complexity index is 1500. The zero-order chi connectivity index (χ0) is 52.0. The number of aliphatic hydroxyl groups excluding tert-OH is 11. The van der Waals surface area contributed by atoms with E-state index in [0.717, 1.165) is 64.2 Å². The van der Waals surface area contributed by atoms with Crippen molar-refractivity contribution in [3.63, 3.8) is 0 Å². The number of amides is 1. The summed E-state index contributed by atoms with van der Waals surface area (Å²) in [6, 6.07) is -0.986. The molecule has 0 aromatic rings. The number of ether oxygens (including phenoxy) is 6. The van der Waals surface area contributed by atoms with Gasteiger partial charge in [-0.1, -0.05) is 133 Å². The van der Waals surface area contributed by atoms with Crippen LogP contribution in [-0.2, 0) is 33.2 Å². The molecule has 71 heavy (non-hydrogen) atoms. The Morgan fingerprint density at radius 2 is 0.972 bits per heavy atom. The van der Waals surface area contributed by atoms with Gasteiger partial charge in [-0.25, -0.2) is 0 Å². The maximum atomic E-state index is 13.2. The number of allylic oxidation sites excluding steroid dienone is 7. The van der Waals surface area contributed by atoms with Crippen molar-refractivity contribution >= 4 is 5.91 Å². The number of rotatable bonds is 36. The highest BCUT2D eigenvalue weighted by Crippen LogP contribution is 2.33. The minimum absolute atomic E-state index is 0.206. The van der Waals surface area contributed by atoms with Gasteiger partial charge in [0.25, 0.3) is 0 Å². The van der Waals surface area contributed by atoms with Crippen LogP contribution in [0, 0.1) is 0 Å². The quantitative estimate of drug-likeness (QED) is 0.0317. The van der Waals surface area contributed by atoms with Gasteiger partial charge in [0.05, 0.1) is 38.6 Å². The van der Waals surface area contributed by atoms with Crippen LogP contribution in [-0.4, -0.2) is 193 Å². The highest BCUT2D eigenvalue weighted by Gasteiger charge is 2.53. The molecular formula is C52H91NO18. The van der Waals surface area contributed by atoms with E-state index in [0.29, 0.717) is 6.42 Å². The fourth-order valence-electron chi connectivity index (χ4n) is 8.73. The molecule has 3 fully saturated rings. The molecule has 17 unspecified atom stereocenters. The molecule has 19 nitrogen and oxygen atoms in total. The van der Waals surface area contributed by atoms with Crippen molar-refractivity contribution in [3.05, 3.63) is 48.6 Å². The fraction of sp³-hybridized carbons (Fsp3) is 0.827. The highest BCUT2D eigenvalue weighted by molar-refractivity contribution is 5.76. The van der Waals surface area contributed by atoms with Crippen LogP contribution in [0.15, 0.2) is 48.6 Å². The number of nitrogens with one attached hydrogen (secondary N) is 1. The molecule has 0 aromatic carbocycles. The van der Waals surface area contributed by atoms with E-state index >= 15 is 0 Å². The molecule has 3 aliphatic heterocycles. The van der Waals surface area contributed by atoms with Gasteiger partial charge >= 0.3 is 0 Å². The predicted molar refractivity (Wildman–Crippen MR) is 263 cm³/mol. The van der Waals surface area contributed by atoms with Gasteiger partial charge in [-0.05, 0) is 51.4 Å². The molecular weight excluding hydrogens is 927 g/mol. The molecule has 12 N–H and O–H groups in total. The first-order valence-corrected chi connectivity index (χ1v) is 26.4. The molecule has 17 atom stereocenters. The maximum Gasteiger partial charge on any atom is 0.220 e. The van der Waals surface area contributed by atoms with Crippen LogP contribution in [0.25, 0.3) is 0 Å². The van der Waals surface area contributed by atoms with Crippen molar-refractivity contribution in [2.45, 2.75) is 247 Å². The largest absolute Gasteiger partial charge is 0.394 e. The Morgan fingerprint density at radius 1 is 0.521 bits per heavy atom. The summed E-state index contributed by atoms with van der Waals surface area (Å²) in [6.45, 7) is 1.53. The standard InChI is InChI=1S/C52H91NO18/c1-3-5-7-9-11-13-15-17-19-21-23-25-27-29-36(57)35(53-40(58)30-28-26-24-22-20-18-16-14-12-10-8-6-4-2)34-66-50-46(64)43(61)48(38(32-55)68-50)71-52-47(65)44(62)49(39(33-56)69-52)70-51-45(63)42(60)41(59)37(31-54)67-51/h6,8,12,14,18,20,27,29,35-39,41-52,54-57,59-65H,3-5,7,9-11,13,15-17,19,21-26,28,30-34H2,1-2H3,(H,53,58)/b8-6-,14-12-,20-18-,29-27+. The normalized spacial score (nSPS) is 32.7. The van der Waals surface area contributed by atoms with Gasteiger partial charge in [0, 0.05) is 6.42 Å². The lowest BCUT2D eigenvalue weighted by Gasteiger charge is -2.48. The van der Waals surface area contributed by atoms with E-state index < -0.39 is 124 Å². The first-order valence-electron chi connectivity index (χ1n) is 26.4. The van der Waals surface area contributed by atoms with E-state index in [2.05, 4.69) is 55.6 Å². The second-order valence-electron chi connectivity index (χ2n) is 19.0. The molecule has 0 saturated carbocycles. The van der Waals surface area contributed by atoms with Crippen LogP contribution < -0.4 is 5.32 Å². The molecule has 0 aliphatic carbocycles. The van der Waals surface area contributed by atoms with Crippen molar-refractivity contribution < 1.29 is 89.4 Å². The monoisotopic (exact) mass is 1020 g/mol. The van der Waals surface area contributed by atoms with Crippen molar-refractivity contribution in [3.8, 4) is 0 Å². The Balaban J connectivity index is 1.57. The average Bonchev–Trinajstić information content (AvgIpc) is 3.36. The summed E-state index contributed by atoms with van der Waals surface area (Å²) in [5, 5.41) is 120. The van der Waals surface area contributed by atoms with E-state index in [1.54, 1.807) is 6.08 Å². The summed E-state index contributed by atoms with van der Waals surface area (Å²) in [5.74, 6) is -0.309. The third kappa shape index (κ3) is 22.2. The second-order valence-corrected chi connectivity index (χ2v) is 19.0. The highest BCUT2D eigenvalue weighted by atomic mass is 16.8. The van der Waals surface area contributed by atoms with E-state index in [9.17, 15) is 61.0 Å². The van der Waals surface area contributed by atoms with E-state index in [1.165, 1.54) is 51.4 Å². The molecule has 3 aliphatic rings. The molecule has 1 amide bonds. The third-order valence-electron chi connectivity index (χ3n) is 13.1. The number of hydrogen-bond donors (Lipinski definition) is 12. The average molecular weight is 1020 g/mol. The number of unbranched alkanes of at least 4 members (excludes halogenated alkanes) is 14. The lowest BCUT2D eigenvalue weighted by molar-refractivity contribution is -0.379. The third-order valence-corrected chi connectivity index (χ3v) is 13.1. The molecule has 0 bridgehead atoms. The van der Waals surface area contributed by atoms with Gasteiger partial charge in [0.1, 0.15) is 73.2 Å². The second kappa shape index (κ2) is 36.7. The van der Waals surface area contributed by atoms with Crippen LogP contribution in [0.1, 0.15) is 142 Å². The molecule has 412 valence electrons. The van der Waals surface area contributed by atoms with E-state index in [1.807, 2.05) is 6.08 Å². The Hall–Kier alpha value is -2.25.